The molecule has 5 nitrogen and oxygen atoms in total. The minimum atomic E-state index is 0.624. The molecule has 0 bridgehead atoms. The van der Waals surface area contributed by atoms with Crippen LogP contribution >= 0.6 is 11.3 Å². The average Bonchev–Trinajstić information content (AvgIpc) is 3.48. The Morgan fingerprint density at radius 3 is 1.30 bits per heavy atom. The Hall–Kier alpha value is -5.59. The number of hydrogen-bond acceptors (Lipinski definition) is 6. The van der Waals surface area contributed by atoms with Gasteiger partial charge in [-0.3, -0.25) is 0 Å². The zero-order valence-corrected chi connectivity index (χ0v) is 23.7. The number of fused-ring (bicyclic) bond motifs is 3. The Balaban J connectivity index is 1.27. The van der Waals surface area contributed by atoms with Gasteiger partial charge in [0, 0.05) is 37.9 Å². The normalized spacial score (nSPS) is 11.3. The zero-order valence-electron chi connectivity index (χ0n) is 22.9. The summed E-state index contributed by atoms with van der Waals surface area (Å²) in [5.41, 5.74) is 6.70. The third-order valence-electron chi connectivity index (χ3n) is 7.37. The highest BCUT2D eigenvalue weighted by atomic mass is 32.1. The van der Waals surface area contributed by atoms with Gasteiger partial charge in [-0.05, 0) is 6.07 Å². The van der Waals surface area contributed by atoms with E-state index < -0.39 is 0 Å². The predicted molar refractivity (Wildman–Crippen MR) is 175 cm³/mol. The molecule has 8 rings (SSSR count). The van der Waals surface area contributed by atoms with Crippen molar-refractivity contribution in [3.63, 3.8) is 0 Å². The maximum Gasteiger partial charge on any atom is 0.164 e. The second kappa shape index (κ2) is 10.7. The van der Waals surface area contributed by atoms with Gasteiger partial charge in [0.25, 0.3) is 0 Å². The number of nitrogens with zero attached hydrogens (tertiary/aromatic N) is 5. The maximum absolute atomic E-state index is 5.10. The van der Waals surface area contributed by atoms with Gasteiger partial charge in [0.05, 0.1) is 15.9 Å². The summed E-state index contributed by atoms with van der Waals surface area (Å²) in [5.74, 6) is 2.62. The van der Waals surface area contributed by atoms with Crippen LogP contribution in [0.3, 0.4) is 0 Å². The molecule has 0 fully saturated rings. The largest absolute Gasteiger partial charge is 0.226 e. The van der Waals surface area contributed by atoms with E-state index in [2.05, 4.69) is 60.7 Å². The van der Waals surface area contributed by atoms with Crippen molar-refractivity contribution in [2.75, 3.05) is 0 Å². The lowest BCUT2D eigenvalue weighted by molar-refractivity contribution is 1.07. The van der Waals surface area contributed by atoms with Crippen LogP contribution in [0, 0.1) is 0 Å². The Kier molecular flexibility index (Phi) is 6.24. The second-order valence-corrected chi connectivity index (χ2v) is 11.2. The molecule has 0 N–H and O–H groups in total. The van der Waals surface area contributed by atoms with E-state index in [4.69, 9.17) is 24.9 Å². The van der Waals surface area contributed by atoms with Gasteiger partial charge in [-0.2, -0.15) is 0 Å². The number of hydrogen-bond donors (Lipinski definition) is 0. The second-order valence-electron chi connectivity index (χ2n) is 10.2. The van der Waals surface area contributed by atoms with Crippen LogP contribution < -0.4 is 0 Å². The van der Waals surface area contributed by atoms with Gasteiger partial charge in [-0.1, -0.05) is 133 Å². The summed E-state index contributed by atoms with van der Waals surface area (Å²) in [6.07, 6.45) is 0. The van der Waals surface area contributed by atoms with Gasteiger partial charge < -0.3 is 0 Å². The summed E-state index contributed by atoms with van der Waals surface area (Å²) in [6, 6.07) is 47.0. The van der Waals surface area contributed by atoms with E-state index in [1.807, 2.05) is 78.9 Å². The molecular formula is C37H23N5S. The van der Waals surface area contributed by atoms with E-state index in [0.717, 1.165) is 49.1 Å². The molecule has 6 heteroatoms. The maximum atomic E-state index is 5.10. The van der Waals surface area contributed by atoms with Crippen molar-refractivity contribution < 1.29 is 0 Å². The summed E-state index contributed by atoms with van der Waals surface area (Å²) in [4.78, 5) is 24.7. The molecule has 0 aliphatic carbocycles. The standard InChI is InChI=1S/C37H23N5S/c1-4-12-25(13-5-1)34-38-31(33-32(39-34)29-18-10-11-19-30(29)43-33)24-20-22-28(23-21-24)37-41-35(26-14-6-2-7-15-26)40-36(42-37)27-16-8-3-9-17-27/h1-23H. The van der Waals surface area contributed by atoms with Gasteiger partial charge in [-0.15, -0.1) is 11.3 Å². The molecule has 0 unspecified atom stereocenters. The van der Waals surface area contributed by atoms with Gasteiger partial charge in [0.1, 0.15) is 0 Å². The van der Waals surface area contributed by atoms with Crippen LogP contribution in [-0.2, 0) is 0 Å². The van der Waals surface area contributed by atoms with E-state index in [-0.39, 0.29) is 0 Å². The Bertz CT molecular complexity index is 2150. The zero-order chi connectivity index (χ0) is 28.6. The number of thiophene rings is 1. The minimum absolute atomic E-state index is 0.624. The number of aromatic nitrogens is 5. The summed E-state index contributed by atoms with van der Waals surface area (Å²) >= 11 is 1.73. The van der Waals surface area contributed by atoms with Gasteiger partial charge in [0.2, 0.25) is 0 Å². The molecule has 43 heavy (non-hydrogen) atoms. The van der Waals surface area contributed by atoms with Crippen molar-refractivity contribution in [2.45, 2.75) is 0 Å². The topological polar surface area (TPSA) is 64.5 Å². The van der Waals surface area contributed by atoms with Crippen molar-refractivity contribution in [3.05, 3.63) is 140 Å². The van der Waals surface area contributed by atoms with E-state index in [1.165, 1.54) is 4.70 Å². The lowest BCUT2D eigenvalue weighted by Crippen LogP contribution is -2.00. The van der Waals surface area contributed by atoms with Crippen LogP contribution in [-0.4, -0.2) is 24.9 Å². The van der Waals surface area contributed by atoms with E-state index in [9.17, 15) is 0 Å². The fourth-order valence-electron chi connectivity index (χ4n) is 5.22. The molecule has 0 amide bonds. The fourth-order valence-corrected chi connectivity index (χ4v) is 6.37. The van der Waals surface area contributed by atoms with Crippen LogP contribution in [0.2, 0.25) is 0 Å². The fraction of sp³-hybridized carbons (Fsp3) is 0. The van der Waals surface area contributed by atoms with Crippen LogP contribution in [0.1, 0.15) is 0 Å². The lowest BCUT2D eigenvalue weighted by Gasteiger charge is -2.10. The lowest BCUT2D eigenvalue weighted by atomic mass is 10.1. The highest BCUT2D eigenvalue weighted by Gasteiger charge is 2.17. The third kappa shape index (κ3) is 4.74. The predicted octanol–water partition coefficient (Wildman–Crippen LogP) is 9.36. The smallest absolute Gasteiger partial charge is 0.164 e. The molecule has 3 heterocycles. The van der Waals surface area contributed by atoms with E-state index >= 15 is 0 Å². The van der Waals surface area contributed by atoms with Gasteiger partial charge in [0.15, 0.2) is 23.3 Å². The van der Waals surface area contributed by atoms with Crippen molar-refractivity contribution in [3.8, 4) is 56.8 Å². The SMILES string of the molecule is c1ccc(-c2nc(-c3ccccc3)nc(-c3ccc(-c4nc(-c5ccccc5)nc5c4sc4ccccc45)cc3)n2)cc1. The molecule has 5 aromatic carbocycles. The highest BCUT2D eigenvalue weighted by Crippen LogP contribution is 2.39. The summed E-state index contributed by atoms with van der Waals surface area (Å²) in [6.45, 7) is 0. The first-order chi connectivity index (χ1) is 21.3. The summed E-state index contributed by atoms with van der Waals surface area (Å²) in [7, 11) is 0. The van der Waals surface area contributed by atoms with Crippen molar-refractivity contribution in [1.29, 1.82) is 0 Å². The van der Waals surface area contributed by atoms with Crippen molar-refractivity contribution >= 4 is 31.6 Å². The first kappa shape index (κ1) is 25.1. The summed E-state index contributed by atoms with van der Waals surface area (Å²) in [5, 5.41) is 1.15. The van der Waals surface area contributed by atoms with E-state index in [1.54, 1.807) is 11.3 Å². The third-order valence-corrected chi connectivity index (χ3v) is 8.53. The van der Waals surface area contributed by atoms with Gasteiger partial charge in [-0.25, -0.2) is 24.9 Å². The highest BCUT2D eigenvalue weighted by molar-refractivity contribution is 7.26. The minimum Gasteiger partial charge on any atom is -0.226 e. The molecule has 0 spiro atoms. The first-order valence-electron chi connectivity index (χ1n) is 14.0. The van der Waals surface area contributed by atoms with Crippen molar-refractivity contribution in [2.24, 2.45) is 0 Å². The van der Waals surface area contributed by atoms with E-state index in [0.29, 0.717) is 23.3 Å². The monoisotopic (exact) mass is 569 g/mol. The molecule has 0 saturated heterocycles. The van der Waals surface area contributed by atoms with Crippen LogP contribution in [0.5, 0.6) is 0 Å². The molecule has 0 saturated carbocycles. The van der Waals surface area contributed by atoms with Crippen LogP contribution in [0.4, 0.5) is 0 Å². The molecule has 0 aliphatic rings. The molecule has 202 valence electrons. The first-order valence-corrected chi connectivity index (χ1v) is 14.8. The summed E-state index contributed by atoms with van der Waals surface area (Å²) < 4.78 is 2.27. The van der Waals surface area contributed by atoms with Crippen molar-refractivity contribution in [1.82, 2.24) is 24.9 Å². The molecule has 0 radical (unpaired) electrons. The van der Waals surface area contributed by atoms with Gasteiger partial charge >= 0.3 is 0 Å². The Morgan fingerprint density at radius 1 is 0.349 bits per heavy atom. The van der Waals surface area contributed by atoms with Crippen LogP contribution in [0.25, 0.3) is 77.1 Å². The molecule has 3 aromatic heterocycles. The quantitative estimate of drug-likeness (QED) is 0.207. The molecular weight excluding hydrogens is 547 g/mol. The van der Waals surface area contributed by atoms with Crippen LogP contribution in [0.15, 0.2) is 140 Å². The number of benzene rings is 5. The Morgan fingerprint density at radius 2 is 0.767 bits per heavy atom. The average molecular weight is 570 g/mol. The molecule has 0 aliphatic heterocycles. The number of rotatable bonds is 5. The molecule has 8 aromatic rings. The Labute approximate surface area is 252 Å². The molecule has 0 atom stereocenters.